The van der Waals surface area contributed by atoms with Gasteiger partial charge in [0, 0.05) is 6.54 Å². The molecule has 0 spiro atoms. The number of rotatable bonds is 5. The molecule has 2 unspecified atom stereocenters. The van der Waals surface area contributed by atoms with Crippen LogP contribution in [0.3, 0.4) is 0 Å². The molecule has 2 N–H and O–H groups in total. The highest BCUT2D eigenvalue weighted by molar-refractivity contribution is 7.88. The zero-order valence-electron chi connectivity index (χ0n) is 11.8. The third-order valence-electron chi connectivity index (χ3n) is 3.92. The number of hydrogen-bond acceptors (Lipinski definition) is 4. The van der Waals surface area contributed by atoms with E-state index in [0.717, 1.165) is 25.7 Å². The van der Waals surface area contributed by atoms with Crippen molar-refractivity contribution in [1.82, 2.24) is 4.72 Å². The van der Waals surface area contributed by atoms with Crippen molar-refractivity contribution in [1.29, 1.82) is 5.26 Å². The first-order valence-corrected chi connectivity index (χ1v) is 8.80. The minimum atomic E-state index is -3.50. The Bertz CT molecular complexity index is 622. The molecule has 1 fully saturated rings. The summed E-state index contributed by atoms with van der Waals surface area (Å²) in [7, 11) is -3.50. The van der Waals surface area contributed by atoms with Crippen molar-refractivity contribution < 1.29 is 13.5 Å². The Morgan fingerprint density at radius 3 is 2.71 bits per heavy atom. The molecule has 5 nitrogen and oxygen atoms in total. The molecule has 0 radical (unpaired) electrons. The molecule has 0 heterocycles. The van der Waals surface area contributed by atoms with E-state index in [9.17, 15) is 13.5 Å². The van der Waals surface area contributed by atoms with Crippen molar-refractivity contribution in [3.8, 4) is 6.07 Å². The molecule has 6 heteroatoms. The van der Waals surface area contributed by atoms with Crippen molar-refractivity contribution in [2.24, 2.45) is 5.92 Å². The molecule has 0 saturated heterocycles. The van der Waals surface area contributed by atoms with Gasteiger partial charge in [0.2, 0.25) is 10.0 Å². The number of benzene rings is 1. The van der Waals surface area contributed by atoms with E-state index in [1.165, 1.54) is 0 Å². The van der Waals surface area contributed by atoms with E-state index < -0.39 is 16.1 Å². The molecule has 0 aliphatic heterocycles. The second-order valence-electron chi connectivity index (χ2n) is 5.49. The monoisotopic (exact) mass is 308 g/mol. The fraction of sp³-hybridized carbons (Fsp3) is 0.533. The van der Waals surface area contributed by atoms with Crippen molar-refractivity contribution in [2.75, 3.05) is 6.54 Å². The lowest BCUT2D eigenvalue weighted by molar-refractivity contribution is 0.0724. The quantitative estimate of drug-likeness (QED) is 0.863. The summed E-state index contributed by atoms with van der Waals surface area (Å²) in [6, 6.07) is 8.68. The van der Waals surface area contributed by atoms with Crippen LogP contribution < -0.4 is 4.72 Å². The van der Waals surface area contributed by atoms with Gasteiger partial charge in [0.05, 0.1) is 23.5 Å². The van der Waals surface area contributed by atoms with Gasteiger partial charge in [0.15, 0.2) is 0 Å². The average Bonchev–Trinajstić information content (AvgIpc) is 2.47. The number of hydrogen-bond donors (Lipinski definition) is 2. The van der Waals surface area contributed by atoms with Crippen molar-refractivity contribution in [3.63, 3.8) is 0 Å². The van der Waals surface area contributed by atoms with Gasteiger partial charge in [-0.2, -0.15) is 5.26 Å². The van der Waals surface area contributed by atoms with Crippen LogP contribution in [0.1, 0.15) is 36.8 Å². The molecule has 1 aliphatic carbocycles. The van der Waals surface area contributed by atoms with Gasteiger partial charge < -0.3 is 5.11 Å². The van der Waals surface area contributed by atoms with E-state index in [2.05, 4.69) is 4.72 Å². The molecule has 1 aromatic carbocycles. The van der Waals surface area contributed by atoms with Crippen LogP contribution in [0.5, 0.6) is 0 Å². The van der Waals surface area contributed by atoms with Gasteiger partial charge in [0.25, 0.3) is 0 Å². The second-order valence-corrected chi connectivity index (χ2v) is 7.30. The molecule has 0 aromatic heterocycles. The summed E-state index contributed by atoms with van der Waals surface area (Å²) in [4.78, 5) is 0. The largest absolute Gasteiger partial charge is 0.393 e. The standard InChI is InChI=1S/C15H20N2O3S/c16-9-12-5-1-2-7-14(12)11-21(19,20)17-10-13-6-3-4-8-15(13)18/h1-2,5,7,13,15,17-18H,3-4,6,8,10-11H2. The van der Waals surface area contributed by atoms with Gasteiger partial charge in [0.1, 0.15) is 0 Å². The van der Waals surface area contributed by atoms with Gasteiger partial charge in [-0.3, -0.25) is 0 Å². The number of nitriles is 1. The van der Waals surface area contributed by atoms with E-state index in [1.54, 1.807) is 24.3 Å². The first kappa shape index (κ1) is 16.0. The number of nitrogens with zero attached hydrogens (tertiary/aromatic N) is 1. The summed E-state index contributed by atoms with van der Waals surface area (Å²) in [5.74, 6) is -0.223. The van der Waals surface area contributed by atoms with Crippen LogP contribution in [0.25, 0.3) is 0 Å². The summed E-state index contributed by atoms with van der Waals surface area (Å²) in [5.41, 5.74) is 0.872. The van der Waals surface area contributed by atoms with Gasteiger partial charge in [-0.1, -0.05) is 31.0 Å². The molecule has 2 atom stereocenters. The minimum Gasteiger partial charge on any atom is -0.393 e. The van der Waals surface area contributed by atoms with E-state index in [-0.39, 0.29) is 18.2 Å². The maximum absolute atomic E-state index is 12.1. The zero-order valence-corrected chi connectivity index (χ0v) is 12.6. The van der Waals surface area contributed by atoms with Gasteiger partial charge >= 0.3 is 0 Å². The van der Waals surface area contributed by atoms with E-state index in [1.807, 2.05) is 6.07 Å². The maximum atomic E-state index is 12.1. The molecule has 0 amide bonds. The lowest BCUT2D eigenvalue weighted by Crippen LogP contribution is -2.37. The summed E-state index contributed by atoms with van der Waals surface area (Å²) >= 11 is 0. The molecule has 0 bridgehead atoms. The highest BCUT2D eigenvalue weighted by Crippen LogP contribution is 2.24. The van der Waals surface area contributed by atoms with Crippen LogP contribution in [-0.2, 0) is 15.8 Å². The van der Waals surface area contributed by atoms with Crippen LogP contribution >= 0.6 is 0 Å². The minimum absolute atomic E-state index is 0.0141. The number of sulfonamides is 1. The zero-order chi connectivity index (χ0) is 15.3. The number of nitrogens with one attached hydrogen (secondary N) is 1. The Morgan fingerprint density at radius 2 is 2.00 bits per heavy atom. The third kappa shape index (κ3) is 4.53. The Morgan fingerprint density at radius 1 is 1.29 bits per heavy atom. The normalized spacial score (nSPS) is 22.7. The van der Waals surface area contributed by atoms with Crippen molar-refractivity contribution in [2.45, 2.75) is 37.5 Å². The topological polar surface area (TPSA) is 90.2 Å². The van der Waals surface area contributed by atoms with Crippen LogP contribution in [-0.4, -0.2) is 26.2 Å². The molecule has 1 aromatic rings. The maximum Gasteiger partial charge on any atom is 0.215 e. The predicted molar refractivity (Wildman–Crippen MR) is 79.7 cm³/mol. The van der Waals surface area contributed by atoms with Crippen LogP contribution in [0.15, 0.2) is 24.3 Å². The summed E-state index contributed by atoms with van der Waals surface area (Å²) in [5, 5.41) is 18.8. The molecule has 114 valence electrons. The summed E-state index contributed by atoms with van der Waals surface area (Å²) in [6.07, 6.45) is 3.19. The molecule has 1 saturated carbocycles. The number of aliphatic hydroxyl groups excluding tert-OH is 1. The van der Waals surface area contributed by atoms with Crippen molar-refractivity contribution in [3.05, 3.63) is 35.4 Å². The van der Waals surface area contributed by atoms with Gasteiger partial charge in [-0.15, -0.1) is 0 Å². The lowest BCUT2D eigenvalue weighted by Gasteiger charge is -2.27. The molecular weight excluding hydrogens is 288 g/mol. The Balaban J connectivity index is 1.97. The SMILES string of the molecule is N#Cc1ccccc1CS(=O)(=O)NCC1CCCCC1O. The second kappa shape index (κ2) is 7.03. The summed E-state index contributed by atoms with van der Waals surface area (Å²) < 4.78 is 26.8. The molecule has 1 aliphatic rings. The predicted octanol–water partition coefficient (Wildman–Crippen LogP) is 1.53. The van der Waals surface area contributed by atoms with Crippen molar-refractivity contribution >= 4 is 10.0 Å². The van der Waals surface area contributed by atoms with Gasteiger partial charge in [-0.25, -0.2) is 13.1 Å². The first-order chi connectivity index (χ1) is 10.0. The Labute approximate surface area is 125 Å². The Kier molecular flexibility index (Phi) is 5.34. The fourth-order valence-electron chi connectivity index (χ4n) is 2.67. The molecular formula is C15H20N2O3S. The summed E-state index contributed by atoms with van der Waals surface area (Å²) in [6.45, 7) is 0.262. The van der Waals surface area contributed by atoms with Crippen LogP contribution in [0.4, 0.5) is 0 Å². The van der Waals surface area contributed by atoms with Gasteiger partial charge in [-0.05, 0) is 30.4 Å². The Hall–Kier alpha value is -1.42. The number of aliphatic hydroxyl groups is 1. The van der Waals surface area contributed by atoms with E-state index >= 15 is 0 Å². The lowest BCUT2D eigenvalue weighted by atomic mass is 9.87. The van der Waals surface area contributed by atoms with Crippen LogP contribution in [0, 0.1) is 17.2 Å². The third-order valence-corrected chi connectivity index (χ3v) is 5.22. The highest BCUT2D eigenvalue weighted by atomic mass is 32.2. The first-order valence-electron chi connectivity index (χ1n) is 7.15. The van der Waals surface area contributed by atoms with E-state index in [0.29, 0.717) is 11.1 Å². The molecule has 2 rings (SSSR count). The molecule has 21 heavy (non-hydrogen) atoms. The average molecular weight is 308 g/mol. The van der Waals surface area contributed by atoms with E-state index in [4.69, 9.17) is 5.26 Å². The highest BCUT2D eigenvalue weighted by Gasteiger charge is 2.24. The van der Waals surface area contributed by atoms with Crippen LogP contribution in [0.2, 0.25) is 0 Å². The smallest absolute Gasteiger partial charge is 0.215 e. The fourth-order valence-corrected chi connectivity index (χ4v) is 3.90.